The summed E-state index contributed by atoms with van der Waals surface area (Å²) >= 11 is 0. The summed E-state index contributed by atoms with van der Waals surface area (Å²) in [6.45, 7) is 2.57. The molecule has 0 unspecified atom stereocenters. The van der Waals surface area contributed by atoms with Gasteiger partial charge in [-0.1, -0.05) is 25.0 Å². The summed E-state index contributed by atoms with van der Waals surface area (Å²) in [4.78, 5) is 50.0. The van der Waals surface area contributed by atoms with Crippen LogP contribution >= 0.6 is 0 Å². The van der Waals surface area contributed by atoms with E-state index >= 15 is 0 Å². The molecule has 29 heavy (non-hydrogen) atoms. The molecule has 1 aliphatic heterocycles. The van der Waals surface area contributed by atoms with Crippen LogP contribution in [0.1, 0.15) is 51.1 Å². The van der Waals surface area contributed by atoms with Crippen molar-refractivity contribution in [3.63, 3.8) is 0 Å². The number of carbonyl (C=O) groups excluding carboxylic acids is 4. The summed E-state index contributed by atoms with van der Waals surface area (Å²) in [5.41, 5.74) is -0.204. The average molecular weight is 405 g/mol. The van der Waals surface area contributed by atoms with Gasteiger partial charge in [0.1, 0.15) is 17.9 Å². The van der Waals surface area contributed by atoms with Crippen molar-refractivity contribution < 1.29 is 28.3 Å². The van der Waals surface area contributed by atoms with Gasteiger partial charge in [-0.2, -0.15) is 0 Å². The molecule has 1 aromatic carbocycles. The zero-order valence-electron chi connectivity index (χ0n) is 16.4. The van der Waals surface area contributed by atoms with E-state index in [0.717, 1.165) is 17.7 Å². The Morgan fingerprint density at radius 2 is 1.83 bits per heavy atom. The lowest BCUT2D eigenvalue weighted by atomic mass is 9.98. The smallest absolute Gasteiger partial charge is 0.327 e. The van der Waals surface area contributed by atoms with Crippen molar-refractivity contribution in [3.05, 3.63) is 35.6 Å². The largest absolute Gasteiger partial charge is 0.451 e. The fraction of sp³-hybridized carbons (Fsp3) is 0.500. The Kier molecular flexibility index (Phi) is 5.86. The topological polar surface area (TPSA) is 105 Å². The van der Waals surface area contributed by atoms with Gasteiger partial charge in [-0.15, -0.1) is 0 Å². The van der Waals surface area contributed by atoms with Crippen molar-refractivity contribution in [3.8, 4) is 0 Å². The first-order chi connectivity index (χ1) is 13.7. The van der Waals surface area contributed by atoms with Crippen LogP contribution in [0.4, 0.5) is 9.18 Å². The van der Waals surface area contributed by atoms with Crippen LogP contribution in [0.5, 0.6) is 0 Å². The molecule has 2 N–H and O–H groups in total. The van der Waals surface area contributed by atoms with Gasteiger partial charge in [-0.25, -0.2) is 9.18 Å². The monoisotopic (exact) mass is 405 g/mol. The molecule has 1 heterocycles. The Balaban J connectivity index is 1.52. The van der Waals surface area contributed by atoms with Gasteiger partial charge in [0.05, 0.1) is 6.04 Å². The molecule has 0 aromatic heterocycles. The molecule has 0 radical (unpaired) electrons. The highest BCUT2D eigenvalue weighted by atomic mass is 19.1. The Bertz CT molecular complexity index is 820. The summed E-state index contributed by atoms with van der Waals surface area (Å²) in [6, 6.07) is 4.64. The van der Waals surface area contributed by atoms with Gasteiger partial charge < -0.3 is 15.4 Å². The lowest BCUT2D eigenvalue weighted by Gasteiger charge is -2.21. The first-order valence-electron chi connectivity index (χ1n) is 9.61. The molecule has 3 rings (SSSR count). The normalized spacial score (nSPS) is 19.8. The van der Waals surface area contributed by atoms with E-state index in [1.54, 1.807) is 19.1 Å². The molecule has 9 heteroatoms. The Labute approximate surface area is 167 Å². The molecule has 1 aromatic rings. The van der Waals surface area contributed by atoms with Crippen molar-refractivity contribution in [1.29, 1.82) is 0 Å². The number of halogens is 1. The molecular weight excluding hydrogens is 381 g/mol. The fourth-order valence-electron chi connectivity index (χ4n) is 3.72. The van der Waals surface area contributed by atoms with Gasteiger partial charge in [0.15, 0.2) is 6.10 Å². The number of ether oxygens (including phenoxy) is 1. The van der Waals surface area contributed by atoms with Crippen LogP contribution in [0.2, 0.25) is 0 Å². The fourth-order valence-corrected chi connectivity index (χ4v) is 3.72. The van der Waals surface area contributed by atoms with Crippen molar-refractivity contribution >= 4 is 23.8 Å². The average Bonchev–Trinajstić information content (AvgIpc) is 3.23. The first-order valence-corrected chi connectivity index (χ1v) is 9.61. The molecule has 0 bridgehead atoms. The number of imide groups is 1. The number of carbonyl (C=O) groups is 4. The zero-order chi connectivity index (χ0) is 21.2. The van der Waals surface area contributed by atoms with E-state index < -0.39 is 48.0 Å². The number of rotatable bonds is 6. The number of hydrogen-bond donors (Lipinski definition) is 2. The maximum Gasteiger partial charge on any atom is 0.327 e. The lowest BCUT2D eigenvalue weighted by molar-refractivity contribution is -0.156. The highest BCUT2D eigenvalue weighted by Gasteiger charge is 2.52. The number of nitrogens with zero attached hydrogens (tertiary/aromatic N) is 1. The third-order valence-electron chi connectivity index (χ3n) is 5.40. The summed E-state index contributed by atoms with van der Waals surface area (Å²) in [5.74, 6) is -2.19. The second-order valence-corrected chi connectivity index (χ2v) is 7.52. The van der Waals surface area contributed by atoms with Gasteiger partial charge in [0, 0.05) is 0 Å². The van der Waals surface area contributed by atoms with Crippen LogP contribution in [-0.2, 0) is 19.1 Å². The van der Waals surface area contributed by atoms with Crippen molar-refractivity contribution in [1.82, 2.24) is 15.5 Å². The van der Waals surface area contributed by atoms with Gasteiger partial charge in [-0.3, -0.25) is 19.3 Å². The van der Waals surface area contributed by atoms with Crippen LogP contribution in [0.25, 0.3) is 0 Å². The highest BCUT2D eigenvalue weighted by molar-refractivity contribution is 6.08. The van der Waals surface area contributed by atoms with E-state index in [4.69, 9.17) is 4.74 Å². The second-order valence-electron chi connectivity index (χ2n) is 7.52. The first kappa shape index (κ1) is 20.8. The molecule has 2 atom stereocenters. The Morgan fingerprint density at radius 1 is 1.21 bits per heavy atom. The van der Waals surface area contributed by atoms with Crippen molar-refractivity contribution in [2.45, 2.75) is 57.2 Å². The number of urea groups is 1. The molecule has 8 nitrogen and oxygen atoms in total. The number of amides is 4. The number of nitrogens with one attached hydrogen (secondary N) is 2. The quantitative estimate of drug-likeness (QED) is 0.555. The molecule has 1 spiro atoms. The van der Waals surface area contributed by atoms with Gasteiger partial charge >= 0.3 is 12.0 Å². The molecule has 156 valence electrons. The standard InChI is InChI=1S/C20H24FN3O5/c1-12(14-5-7-15(21)8-6-14)22-17(26)13(2)29-16(25)11-24-18(27)20(23-19(24)28)9-3-4-10-20/h5-8,12-13H,3-4,9-11H2,1-2H3,(H,22,26)(H,23,28)/t12-,13+/m0/s1. The molecule has 1 saturated carbocycles. The maximum atomic E-state index is 13.0. The predicted octanol–water partition coefficient (Wildman–Crippen LogP) is 1.80. The third kappa shape index (κ3) is 4.38. The number of benzene rings is 1. The summed E-state index contributed by atoms with van der Waals surface area (Å²) in [7, 11) is 0. The van der Waals surface area contributed by atoms with Crippen molar-refractivity contribution in [2.75, 3.05) is 6.54 Å². The van der Waals surface area contributed by atoms with E-state index in [-0.39, 0.29) is 5.82 Å². The van der Waals surface area contributed by atoms with E-state index in [9.17, 15) is 23.6 Å². The van der Waals surface area contributed by atoms with Crippen molar-refractivity contribution in [2.24, 2.45) is 0 Å². The minimum atomic E-state index is -1.12. The molecule has 1 aliphatic carbocycles. The molecule has 4 amide bonds. The van der Waals surface area contributed by atoms with E-state index in [1.807, 2.05) is 0 Å². The molecule has 2 aliphatic rings. The maximum absolute atomic E-state index is 13.0. The molecule has 1 saturated heterocycles. The lowest BCUT2D eigenvalue weighted by Crippen LogP contribution is -2.45. The van der Waals surface area contributed by atoms with E-state index in [0.29, 0.717) is 18.4 Å². The third-order valence-corrected chi connectivity index (χ3v) is 5.40. The van der Waals surface area contributed by atoms with Crippen LogP contribution in [0.15, 0.2) is 24.3 Å². The van der Waals surface area contributed by atoms with Crippen LogP contribution < -0.4 is 10.6 Å². The summed E-state index contributed by atoms with van der Waals surface area (Å²) < 4.78 is 18.1. The van der Waals surface area contributed by atoms with Gasteiger partial charge in [0.2, 0.25) is 0 Å². The highest BCUT2D eigenvalue weighted by Crippen LogP contribution is 2.34. The van der Waals surface area contributed by atoms with Gasteiger partial charge in [0.25, 0.3) is 11.8 Å². The predicted molar refractivity (Wildman–Crippen MR) is 100.0 cm³/mol. The van der Waals surface area contributed by atoms with E-state index in [1.165, 1.54) is 19.1 Å². The zero-order valence-corrected chi connectivity index (χ0v) is 16.4. The number of hydrogen-bond acceptors (Lipinski definition) is 5. The molecular formula is C20H24FN3O5. The molecule has 2 fully saturated rings. The van der Waals surface area contributed by atoms with E-state index in [2.05, 4.69) is 10.6 Å². The second kappa shape index (κ2) is 8.18. The van der Waals surface area contributed by atoms with Crippen LogP contribution in [-0.4, -0.2) is 46.9 Å². The minimum absolute atomic E-state index is 0.380. The number of esters is 1. The SMILES string of the molecule is C[C@H](NC(=O)[C@@H](C)OC(=O)CN1C(=O)NC2(CCCC2)C1=O)c1ccc(F)cc1. The van der Waals surface area contributed by atoms with Crippen LogP contribution in [0.3, 0.4) is 0 Å². The van der Waals surface area contributed by atoms with Gasteiger partial charge in [-0.05, 0) is 44.4 Å². The summed E-state index contributed by atoms with van der Waals surface area (Å²) in [6.07, 6.45) is 1.68. The van der Waals surface area contributed by atoms with Crippen LogP contribution in [0, 0.1) is 5.82 Å². The summed E-state index contributed by atoms with van der Waals surface area (Å²) in [5, 5.41) is 5.36. The Hall–Kier alpha value is -2.97. The minimum Gasteiger partial charge on any atom is -0.451 e. The Morgan fingerprint density at radius 3 is 2.45 bits per heavy atom.